The highest BCUT2D eigenvalue weighted by Gasteiger charge is 2.24. The van der Waals surface area contributed by atoms with Gasteiger partial charge in [0.25, 0.3) is 0 Å². The molecule has 16 heavy (non-hydrogen) atoms. The fourth-order valence-electron chi connectivity index (χ4n) is 2.19. The maximum Gasteiger partial charge on any atom is 0.306 e. The average Bonchev–Trinajstić information content (AvgIpc) is 2.21. The van der Waals surface area contributed by atoms with Gasteiger partial charge in [-0.2, -0.15) is 0 Å². The van der Waals surface area contributed by atoms with Gasteiger partial charge in [-0.05, 0) is 45.4 Å². The first-order chi connectivity index (χ1) is 7.54. The van der Waals surface area contributed by atoms with Crippen LogP contribution in [0.4, 0.5) is 0 Å². The van der Waals surface area contributed by atoms with E-state index >= 15 is 0 Å². The summed E-state index contributed by atoms with van der Waals surface area (Å²) in [6, 6.07) is 0. The van der Waals surface area contributed by atoms with Crippen molar-refractivity contribution in [3.8, 4) is 0 Å². The van der Waals surface area contributed by atoms with Crippen LogP contribution in [0.5, 0.6) is 0 Å². The second kappa shape index (κ2) is 5.88. The lowest BCUT2D eigenvalue weighted by Gasteiger charge is -2.28. The zero-order valence-corrected chi connectivity index (χ0v) is 10.6. The van der Waals surface area contributed by atoms with Crippen molar-refractivity contribution in [2.75, 3.05) is 6.61 Å². The summed E-state index contributed by atoms with van der Waals surface area (Å²) in [6.45, 7) is 10.5. The van der Waals surface area contributed by atoms with E-state index in [1.807, 2.05) is 6.92 Å². The summed E-state index contributed by atoms with van der Waals surface area (Å²) in [5.74, 6) is 0.792. The van der Waals surface area contributed by atoms with Crippen molar-refractivity contribution in [1.82, 2.24) is 0 Å². The summed E-state index contributed by atoms with van der Waals surface area (Å²) < 4.78 is 5.00. The molecule has 0 radical (unpaired) electrons. The number of ether oxygens (including phenoxy) is 1. The largest absolute Gasteiger partial charge is 0.466 e. The molecule has 0 bridgehead atoms. The van der Waals surface area contributed by atoms with E-state index in [1.54, 1.807) is 0 Å². The molecule has 0 heterocycles. The molecule has 0 saturated heterocycles. The zero-order chi connectivity index (χ0) is 12.1. The van der Waals surface area contributed by atoms with Crippen LogP contribution in [0, 0.1) is 11.8 Å². The van der Waals surface area contributed by atoms with Crippen molar-refractivity contribution < 1.29 is 9.53 Å². The predicted molar refractivity (Wildman–Crippen MR) is 66.0 cm³/mol. The molecular weight excluding hydrogens is 200 g/mol. The molecule has 0 N–H and O–H groups in total. The van der Waals surface area contributed by atoms with Crippen LogP contribution in [0.3, 0.4) is 0 Å². The molecule has 0 amide bonds. The van der Waals surface area contributed by atoms with Crippen LogP contribution in [0.15, 0.2) is 23.8 Å². The number of rotatable bonds is 4. The SMILES string of the molecule is C=C(C)[C@H]1CC=C(C)[C@@H](CC(=O)OCC)C1. The zero-order valence-electron chi connectivity index (χ0n) is 10.6. The number of esters is 1. The minimum atomic E-state index is -0.0809. The molecule has 1 aliphatic carbocycles. The lowest BCUT2D eigenvalue weighted by molar-refractivity contribution is -0.144. The molecule has 90 valence electrons. The molecule has 0 aromatic carbocycles. The summed E-state index contributed by atoms with van der Waals surface area (Å²) in [6.07, 6.45) is 4.86. The molecule has 0 spiro atoms. The second-order valence-corrected chi connectivity index (χ2v) is 4.67. The second-order valence-electron chi connectivity index (χ2n) is 4.67. The Labute approximate surface area is 98.4 Å². The Hall–Kier alpha value is -1.05. The van der Waals surface area contributed by atoms with E-state index in [2.05, 4.69) is 26.5 Å². The highest BCUT2D eigenvalue weighted by atomic mass is 16.5. The van der Waals surface area contributed by atoms with E-state index in [0.29, 0.717) is 24.9 Å². The van der Waals surface area contributed by atoms with Crippen LogP contribution >= 0.6 is 0 Å². The van der Waals surface area contributed by atoms with Crippen molar-refractivity contribution in [2.45, 2.75) is 40.0 Å². The molecule has 2 nitrogen and oxygen atoms in total. The topological polar surface area (TPSA) is 26.3 Å². The monoisotopic (exact) mass is 222 g/mol. The normalized spacial score (nSPS) is 24.8. The van der Waals surface area contributed by atoms with Gasteiger partial charge in [-0.3, -0.25) is 4.79 Å². The smallest absolute Gasteiger partial charge is 0.306 e. The van der Waals surface area contributed by atoms with Crippen LogP contribution in [-0.4, -0.2) is 12.6 Å². The standard InChI is InChI=1S/C14H22O2/c1-5-16-14(15)9-13-8-12(10(2)3)7-6-11(13)4/h6,12-13H,2,5,7-9H2,1,3-4H3/t12-,13+/m0/s1. The van der Waals surface area contributed by atoms with Gasteiger partial charge in [0, 0.05) is 0 Å². The molecule has 0 aromatic rings. The van der Waals surface area contributed by atoms with E-state index in [1.165, 1.54) is 11.1 Å². The van der Waals surface area contributed by atoms with Gasteiger partial charge in [-0.1, -0.05) is 23.8 Å². The van der Waals surface area contributed by atoms with E-state index < -0.39 is 0 Å². The Morgan fingerprint density at radius 1 is 1.62 bits per heavy atom. The molecule has 1 aliphatic rings. The first-order valence-electron chi connectivity index (χ1n) is 6.02. The van der Waals surface area contributed by atoms with Gasteiger partial charge in [0.1, 0.15) is 0 Å². The minimum Gasteiger partial charge on any atom is -0.466 e. The van der Waals surface area contributed by atoms with Crippen LogP contribution in [0.1, 0.15) is 40.0 Å². The predicted octanol–water partition coefficient (Wildman–Crippen LogP) is 3.49. The summed E-state index contributed by atoms with van der Waals surface area (Å²) in [5.41, 5.74) is 2.54. The molecule has 0 aliphatic heterocycles. The number of carbonyl (C=O) groups excluding carboxylic acids is 1. The molecule has 2 heteroatoms. The third-order valence-corrected chi connectivity index (χ3v) is 3.35. The Kier molecular flexibility index (Phi) is 4.78. The lowest BCUT2D eigenvalue weighted by atomic mass is 9.77. The maximum absolute atomic E-state index is 11.5. The first-order valence-corrected chi connectivity index (χ1v) is 6.02. The third kappa shape index (κ3) is 3.51. The third-order valence-electron chi connectivity index (χ3n) is 3.35. The highest BCUT2D eigenvalue weighted by molar-refractivity contribution is 5.70. The van der Waals surface area contributed by atoms with Crippen LogP contribution in [0.2, 0.25) is 0 Å². The van der Waals surface area contributed by atoms with Gasteiger partial charge in [-0.25, -0.2) is 0 Å². The highest BCUT2D eigenvalue weighted by Crippen LogP contribution is 2.34. The van der Waals surface area contributed by atoms with Crippen molar-refractivity contribution >= 4 is 5.97 Å². The Bertz CT molecular complexity index is 302. The van der Waals surface area contributed by atoms with E-state index in [-0.39, 0.29) is 5.97 Å². The van der Waals surface area contributed by atoms with Crippen LogP contribution in [-0.2, 0) is 9.53 Å². The van der Waals surface area contributed by atoms with Crippen LogP contribution < -0.4 is 0 Å². The molecule has 0 saturated carbocycles. The fraction of sp³-hybridized carbons (Fsp3) is 0.643. The molecule has 2 atom stereocenters. The van der Waals surface area contributed by atoms with Gasteiger partial charge in [0.15, 0.2) is 0 Å². The van der Waals surface area contributed by atoms with Gasteiger partial charge in [0.05, 0.1) is 13.0 Å². The Morgan fingerprint density at radius 2 is 2.31 bits per heavy atom. The molecule has 1 rings (SSSR count). The molecule has 0 fully saturated rings. The summed E-state index contributed by atoms with van der Waals surface area (Å²) >= 11 is 0. The summed E-state index contributed by atoms with van der Waals surface area (Å²) in [4.78, 5) is 11.5. The van der Waals surface area contributed by atoms with E-state index in [4.69, 9.17) is 4.74 Å². The fourth-order valence-corrected chi connectivity index (χ4v) is 2.19. The average molecular weight is 222 g/mol. The van der Waals surface area contributed by atoms with Gasteiger partial charge < -0.3 is 4.74 Å². The van der Waals surface area contributed by atoms with E-state index in [9.17, 15) is 4.79 Å². The number of hydrogen-bond acceptors (Lipinski definition) is 2. The summed E-state index contributed by atoms with van der Waals surface area (Å²) in [5, 5.41) is 0. The van der Waals surface area contributed by atoms with Gasteiger partial charge in [-0.15, -0.1) is 0 Å². The molecule has 0 unspecified atom stereocenters. The van der Waals surface area contributed by atoms with Gasteiger partial charge in [0.2, 0.25) is 0 Å². The quantitative estimate of drug-likeness (QED) is 0.537. The Morgan fingerprint density at radius 3 is 2.88 bits per heavy atom. The van der Waals surface area contributed by atoms with Crippen molar-refractivity contribution in [3.63, 3.8) is 0 Å². The molecular formula is C14H22O2. The first kappa shape index (κ1) is 13.0. The molecule has 0 aromatic heterocycles. The van der Waals surface area contributed by atoms with Crippen LogP contribution in [0.25, 0.3) is 0 Å². The van der Waals surface area contributed by atoms with Crippen molar-refractivity contribution in [2.24, 2.45) is 11.8 Å². The lowest BCUT2D eigenvalue weighted by Crippen LogP contribution is -2.19. The minimum absolute atomic E-state index is 0.0809. The van der Waals surface area contributed by atoms with Crippen molar-refractivity contribution in [1.29, 1.82) is 0 Å². The Balaban J connectivity index is 2.58. The number of hydrogen-bond donors (Lipinski definition) is 0. The summed E-state index contributed by atoms with van der Waals surface area (Å²) in [7, 11) is 0. The number of carbonyl (C=O) groups is 1. The van der Waals surface area contributed by atoms with E-state index in [0.717, 1.165) is 12.8 Å². The van der Waals surface area contributed by atoms with Gasteiger partial charge >= 0.3 is 5.97 Å². The van der Waals surface area contributed by atoms with Crippen molar-refractivity contribution in [3.05, 3.63) is 23.8 Å². The number of allylic oxidation sites excluding steroid dienone is 3. The maximum atomic E-state index is 11.5.